The van der Waals surface area contributed by atoms with Crippen molar-refractivity contribution in [2.24, 2.45) is 5.92 Å². The fourth-order valence-corrected chi connectivity index (χ4v) is 2.51. The molecule has 0 spiro atoms. The third-order valence-electron chi connectivity index (χ3n) is 3.84. The van der Waals surface area contributed by atoms with Gasteiger partial charge in [-0.15, -0.1) is 0 Å². The van der Waals surface area contributed by atoms with Gasteiger partial charge in [0, 0.05) is 19.1 Å². The number of hydrogen-bond donors (Lipinski definition) is 1. The van der Waals surface area contributed by atoms with Gasteiger partial charge in [-0.25, -0.2) is 4.39 Å². The zero-order valence-electron chi connectivity index (χ0n) is 11.0. The van der Waals surface area contributed by atoms with E-state index in [2.05, 4.69) is 10.2 Å². The highest BCUT2D eigenvalue weighted by Gasteiger charge is 2.34. The second-order valence-corrected chi connectivity index (χ2v) is 5.64. The summed E-state index contributed by atoms with van der Waals surface area (Å²) in [7, 11) is 1.88. The molecule has 0 aromatic heterocycles. The fourth-order valence-electron chi connectivity index (χ4n) is 2.51. The third-order valence-corrected chi connectivity index (χ3v) is 3.84. The molecule has 3 rings (SSSR count). The van der Waals surface area contributed by atoms with Crippen LogP contribution in [0.15, 0.2) is 18.2 Å². The molecular weight excluding hydrogens is 227 g/mol. The molecule has 0 amide bonds. The van der Waals surface area contributed by atoms with Crippen LogP contribution in [0.4, 0.5) is 10.1 Å². The number of benzene rings is 1. The number of rotatable bonds is 6. The van der Waals surface area contributed by atoms with E-state index in [-0.39, 0.29) is 5.82 Å². The number of nitrogens with zero attached hydrogens (tertiary/aromatic N) is 1. The Hall–Kier alpha value is -1.09. The van der Waals surface area contributed by atoms with E-state index in [1.807, 2.05) is 19.2 Å². The van der Waals surface area contributed by atoms with E-state index in [9.17, 15) is 4.39 Å². The Bertz CT molecular complexity index is 425. The zero-order valence-corrected chi connectivity index (χ0v) is 11.0. The van der Waals surface area contributed by atoms with Gasteiger partial charge in [-0.05, 0) is 56.3 Å². The van der Waals surface area contributed by atoms with Crippen LogP contribution in [0.5, 0.6) is 0 Å². The van der Waals surface area contributed by atoms with Crippen molar-refractivity contribution in [3.05, 3.63) is 29.6 Å². The van der Waals surface area contributed by atoms with Gasteiger partial charge in [-0.1, -0.05) is 6.07 Å². The van der Waals surface area contributed by atoms with Crippen LogP contribution in [0.2, 0.25) is 0 Å². The maximum Gasteiger partial charge on any atom is 0.146 e. The summed E-state index contributed by atoms with van der Waals surface area (Å²) in [5.41, 5.74) is 1.82. The summed E-state index contributed by atoms with van der Waals surface area (Å²) < 4.78 is 14.2. The standard InChI is InChI=1S/C15H21FN2/c1-17-9-12-4-7-15(14(16)8-12)18(13-5-6-13)10-11-2-3-11/h4,7-8,11,13,17H,2-3,5-6,9-10H2,1H3. The molecule has 0 saturated heterocycles. The first kappa shape index (κ1) is 12.0. The normalized spacial score (nSPS) is 19.0. The molecule has 2 saturated carbocycles. The smallest absolute Gasteiger partial charge is 0.146 e. The SMILES string of the molecule is CNCc1ccc(N(CC2CC2)C2CC2)c(F)c1. The van der Waals surface area contributed by atoms with Crippen molar-refractivity contribution < 1.29 is 4.39 Å². The molecule has 2 aliphatic rings. The first-order chi connectivity index (χ1) is 8.78. The summed E-state index contributed by atoms with van der Waals surface area (Å²) in [6.45, 7) is 1.77. The van der Waals surface area contributed by atoms with E-state index in [4.69, 9.17) is 0 Å². The van der Waals surface area contributed by atoms with Gasteiger partial charge in [0.1, 0.15) is 5.82 Å². The summed E-state index contributed by atoms with van der Waals surface area (Å²) in [6.07, 6.45) is 5.10. The van der Waals surface area contributed by atoms with Crippen LogP contribution in [-0.4, -0.2) is 19.6 Å². The maximum atomic E-state index is 14.2. The average molecular weight is 248 g/mol. The Balaban J connectivity index is 1.79. The molecule has 1 aromatic carbocycles. The van der Waals surface area contributed by atoms with E-state index in [0.717, 1.165) is 30.3 Å². The minimum atomic E-state index is -0.0599. The molecular formula is C15H21FN2. The third kappa shape index (κ3) is 2.66. The van der Waals surface area contributed by atoms with Crippen molar-refractivity contribution in [1.82, 2.24) is 5.32 Å². The first-order valence-electron chi connectivity index (χ1n) is 6.97. The summed E-state index contributed by atoms with van der Waals surface area (Å²) in [4.78, 5) is 2.30. The quantitative estimate of drug-likeness (QED) is 0.832. The highest BCUT2D eigenvalue weighted by molar-refractivity contribution is 5.51. The summed E-state index contributed by atoms with van der Waals surface area (Å²) >= 11 is 0. The van der Waals surface area contributed by atoms with Crippen molar-refractivity contribution in [1.29, 1.82) is 0 Å². The van der Waals surface area contributed by atoms with Crippen LogP contribution >= 0.6 is 0 Å². The van der Waals surface area contributed by atoms with E-state index in [1.165, 1.54) is 25.7 Å². The van der Waals surface area contributed by atoms with Crippen molar-refractivity contribution in [2.45, 2.75) is 38.3 Å². The monoisotopic (exact) mass is 248 g/mol. The Morgan fingerprint density at radius 3 is 2.61 bits per heavy atom. The van der Waals surface area contributed by atoms with E-state index >= 15 is 0 Å². The molecule has 0 unspecified atom stereocenters. The van der Waals surface area contributed by atoms with Gasteiger partial charge in [0.15, 0.2) is 0 Å². The molecule has 0 radical (unpaired) electrons. The molecule has 2 fully saturated rings. The molecule has 0 bridgehead atoms. The van der Waals surface area contributed by atoms with Gasteiger partial charge < -0.3 is 10.2 Å². The van der Waals surface area contributed by atoms with Crippen LogP contribution in [0.25, 0.3) is 0 Å². The van der Waals surface area contributed by atoms with E-state index < -0.39 is 0 Å². The second kappa shape index (κ2) is 4.88. The molecule has 3 heteroatoms. The lowest BCUT2D eigenvalue weighted by Gasteiger charge is -2.25. The predicted octanol–water partition coefficient (Wildman–Crippen LogP) is 2.92. The molecule has 0 aliphatic heterocycles. The number of hydrogen-bond acceptors (Lipinski definition) is 2. The molecule has 1 N–H and O–H groups in total. The lowest BCUT2D eigenvalue weighted by molar-refractivity contribution is 0.606. The Morgan fingerprint density at radius 1 is 1.28 bits per heavy atom. The van der Waals surface area contributed by atoms with Crippen LogP contribution in [0.1, 0.15) is 31.2 Å². The molecule has 0 heterocycles. The van der Waals surface area contributed by atoms with Crippen molar-refractivity contribution in [3.63, 3.8) is 0 Å². The minimum Gasteiger partial charge on any atom is -0.366 e. The molecule has 98 valence electrons. The molecule has 0 atom stereocenters. The average Bonchev–Trinajstić information content (AvgIpc) is 3.21. The van der Waals surface area contributed by atoms with Gasteiger partial charge in [0.25, 0.3) is 0 Å². The Labute approximate surface area is 108 Å². The molecule has 2 nitrogen and oxygen atoms in total. The molecule has 18 heavy (non-hydrogen) atoms. The van der Waals surface area contributed by atoms with Crippen LogP contribution < -0.4 is 10.2 Å². The second-order valence-electron chi connectivity index (χ2n) is 5.64. The van der Waals surface area contributed by atoms with Gasteiger partial charge in [-0.3, -0.25) is 0 Å². The van der Waals surface area contributed by atoms with E-state index in [0.29, 0.717) is 6.04 Å². The van der Waals surface area contributed by atoms with Gasteiger partial charge in [0.2, 0.25) is 0 Å². The van der Waals surface area contributed by atoms with Gasteiger partial charge >= 0.3 is 0 Å². The summed E-state index contributed by atoms with van der Waals surface area (Å²) in [5, 5.41) is 3.06. The van der Waals surface area contributed by atoms with Crippen LogP contribution in [-0.2, 0) is 6.54 Å². The highest BCUT2D eigenvalue weighted by Crippen LogP contribution is 2.38. The van der Waals surface area contributed by atoms with Gasteiger partial charge in [0.05, 0.1) is 5.69 Å². The molecule has 1 aromatic rings. The Kier molecular flexibility index (Phi) is 3.25. The lowest BCUT2D eigenvalue weighted by atomic mass is 10.1. The zero-order chi connectivity index (χ0) is 12.5. The molecule has 2 aliphatic carbocycles. The number of anilines is 1. The Morgan fingerprint density at radius 2 is 2.06 bits per heavy atom. The van der Waals surface area contributed by atoms with E-state index in [1.54, 1.807) is 6.07 Å². The predicted molar refractivity (Wildman–Crippen MR) is 72.3 cm³/mol. The minimum absolute atomic E-state index is 0.0599. The van der Waals surface area contributed by atoms with Crippen molar-refractivity contribution >= 4 is 5.69 Å². The van der Waals surface area contributed by atoms with Gasteiger partial charge in [-0.2, -0.15) is 0 Å². The number of nitrogens with one attached hydrogen (secondary N) is 1. The van der Waals surface area contributed by atoms with Crippen LogP contribution in [0, 0.1) is 11.7 Å². The summed E-state index contributed by atoms with van der Waals surface area (Å²) in [5.74, 6) is 0.747. The lowest BCUT2D eigenvalue weighted by Crippen LogP contribution is -2.29. The largest absolute Gasteiger partial charge is 0.366 e. The highest BCUT2D eigenvalue weighted by atomic mass is 19.1. The summed E-state index contributed by atoms with van der Waals surface area (Å²) in [6, 6.07) is 6.27. The van der Waals surface area contributed by atoms with Crippen molar-refractivity contribution in [2.75, 3.05) is 18.5 Å². The van der Waals surface area contributed by atoms with Crippen molar-refractivity contribution in [3.8, 4) is 0 Å². The fraction of sp³-hybridized carbons (Fsp3) is 0.600. The topological polar surface area (TPSA) is 15.3 Å². The van der Waals surface area contributed by atoms with Crippen LogP contribution in [0.3, 0.4) is 0 Å². The maximum absolute atomic E-state index is 14.2. The first-order valence-corrected chi connectivity index (χ1v) is 6.97. The number of halogens is 1.